The molecule has 1 atom stereocenters. The summed E-state index contributed by atoms with van der Waals surface area (Å²) in [6, 6.07) is 0.0635. The topological polar surface area (TPSA) is 41.6 Å². The summed E-state index contributed by atoms with van der Waals surface area (Å²) in [4.78, 5) is 14.1. The Morgan fingerprint density at radius 2 is 2.06 bits per heavy atom. The lowest BCUT2D eigenvalue weighted by molar-refractivity contribution is -0.133. The van der Waals surface area contributed by atoms with Crippen molar-refractivity contribution in [2.24, 2.45) is 5.92 Å². The third kappa shape index (κ3) is 3.68. The molecule has 2 aliphatic heterocycles. The minimum Gasteiger partial charge on any atom is -0.381 e. The van der Waals surface area contributed by atoms with Crippen molar-refractivity contribution in [3.63, 3.8) is 0 Å². The first-order valence-corrected chi connectivity index (χ1v) is 6.83. The molecule has 4 nitrogen and oxygen atoms in total. The van der Waals surface area contributed by atoms with Crippen molar-refractivity contribution in [1.82, 2.24) is 10.2 Å². The predicted octanol–water partition coefficient (Wildman–Crippen LogP) is 1.01. The third-order valence-electron chi connectivity index (χ3n) is 3.86. The molecule has 2 rings (SSSR count). The van der Waals surface area contributed by atoms with Crippen LogP contribution in [0.5, 0.6) is 0 Å². The molecular weight excluding hydrogens is 216 g/mol. The summed E-state index contributed by atoms with van der Waals surface area (Å²) in [7, 11) is 1.94. The molecule has 1 N–H and O–H groups in total. The Balaban J connectivity index is 1.77. The average Bonchev–Trinajstić information content (AvgIpc) is 2.40. The van der Waals surface area contributed by atoms with Gasteiger partial charge < -0.3 is 15.0 Å². The molecule has 2 saturated heterocycles. The molecule has 98 valence electrons. The van der Waals surface area contributed by atoms with Crippen molar-refractivity contribution in [1.29, 1.82) is 0 Å². The van der Waals surface area contributed by atoms with Gasteiger partial charge in [0.1, 0.15) is 0 Å². The van der Waals surface area contributed by atoms with Gasteiger partial charge in [-0.2, -0.15) is 0 Å². The van der Waals surface area contributed by atoms with Gasteiger partial charge in [0.2, 0.25) is 5.91 Å². The quantitative estimate of drug-likeness (QED) is 0.800. The zero-order chi connectivity index (χ0) is 12.1. The highest BCUT2D eigenvalue weighted by molar-refractivity contribution is 5.81. The maximum absolute atomic E-state index is 12.2. The largest absolute Gasteiger partial charge is 0.381 e. The number of rotatable bonds is 3. The van der Waals surface area contributed by atoms with E-state index in [-0.39, 0.29) is 11.9 Å². The van der Waals surface area contributed by atoms with E-state index in [2.05, 4.69) is 5.32 Å². The van der Waals surface area contributed by atoms with Crippen molar-refractivity contribution in [2.45, 2.75) is 38.1 Å². The molecule has 4 heteroatoms. The highest BCUT2D eigenvalue weighted by atomic mass is 16.5. The number of carbonyl (C=O) groups is 1. The van der Waals surface area contributed by atoms with Crippen molar-refractivity contribution in [3.8, 4) is 0 Å². The van der Waals surface area contributed by atoms with Crippen LogP contribution in [0.25, 0.3) is 0 Å². The van der Waals surface area contributed by atoms with E-state index < -0.39 is 0 Å². The Morgan fingerprint density at radius 3 is 2.71 bits per heavy atom. The van der Waals surface area contributed by atoms with E-state index in [1.54, 1.807) is 0 Å². The first-order chi connectivity index (χ1) is 8.27. The third-order valence-corrected chi connectivity index (χ3v) is 3.86. The highest BCUT2D eigenvalue weighted by Crippen LogP contribution is 2.17. The van der Waals surface area contributed by atoms with Crippen molar-refractivity contribution in [3.05, 3.63) is 0 Å². The SMILES string of the molecule is CN(CC1CCOCC1)C(=O)[C@@H]1CCCCN1. The van der Waals surface area contributed by atoms with E-state index in [1.165, 1.54) is 12.8 Å². The van der Waals surface area contributed by atoms with Crippen LogP contribution in [0.2, 0.25) is 0 Å². The Labute approximate surface area is 104 Å². The predicted molar refractivity (Wildman–Crippen MR) is 66.8 cm³/mol. The molecule has 2 aliphatic rings. The van der Waals surface area contributed by atoms with Gasteiger partial charge in [-0.05, 0) is 38.1 Å². The number of hydrogen-bond donors (Lipinski definition) is 1. The molecule has 0 aromatic rings. The first-order valence-electron chi connectivity index (χ1n) is 6.83. The van der Waals surface area contributed by atoms with Crippen LogP contribution in [0.3, 0.4) is 0 Å². The molecule has 0 aromatic carbocycles. The van der Waals surface area contributed by atoms with Gasteiger partial charge in [-0.15, -0.1) is 0 Å². The Bertz CT molecular complexity index is 246. The fourth-order valence-electron chi connectivity index (χ4n) is 2.73. The minimum absolute atomic E-state index is 0.0635. The number of amides is 1. The van der Waals surface area contributed by atoms with Gasteiger partial charge in [-0.1, -0.05) is 6.42 Å². The molecule has 0 spiro atoms. The van der Waals surface area contributed by atoms with E-state index in [9.17, 15) is 4.79 Å². The Kier molecular flexibility index (Phi) is 4.80. The number of ether oxygens (including phenoxy) is 1. The van der Waals surface area contributed by atoms with Crippen molar-refractivity contribution < 1.29 is 9.53 Å². The molecule has 0 bridgehead atoms. The summed E-state index contributed by atoms with van der Waals surface area (Å²) in [6.07, 6.45) is 5.56. The lowest BCUT2D eigenvalue weighted by atomic mass is 9.98. The van der Waals surface area contributed by atoms with Crippen LogP contribution in [0, 0.1) is 5.92 Å². The molecule has 2 fully saturated rings. The summed E-state index contributed by atoms with van der Waals surface area (Å²) in [5.74, 6) is 0.900. The number of likely N-dealkylation sites (N-methyl/N-ethyl adjacent to an activating group) is 1. The molecule has 17 heavy (non-hydrogen) atoms. The summed E-state index contributed by atoms with van der Waals surface area (Å²) in [5.41, 5.74) is 0. The van der Waals surface area contributed by atoms with Gasteiger partial charge in [0.15, 0.2) is 0 Å². The van der Waals surface area contributed by atoms with Crippen LogP contribution >= 0.6 is 0 Å². The highest BCUT2D eigenvalue weighted by Gasteiger charge is 2.25. The van der Waals surface area contributed by atoms with Gasteiger partial charge in [0.05, 0.1) is 6.04 Å². The number of nitrogens with one attached hydrogen (secondary N) is 1. The summed E-state index contributed by atoms with van der Waals surface area (Å²) < 4.78 is 5.34. The summed E-state index contributed by atoms with van der Waals surface area (Å²) in [6.45, 7) is 3.59. The number of hydrogen-bond acceptors (Lipinski definition) is 3. The smallest absolute Gasteiger partial charge is 0.239 e. The number of carbonyl (C=O) groups excluding carboxylic acids is 1. The maximum Gasteiger partial charge on any atom is 0.239 e. The van der Waals surface area contributed by atoms with Crippen LogP contribution in [0.15, 0.2) is 0 Å². The maximum atomic E-state index is 12.2. The molecule has 2 heterocycles. The molecule has 0 aliphatic carbocycles. The second-order valence-corrected chi connectivity index (χ2v) is 5.28. The fourth-order valence-corrected chi connectivity index (χ4v) is 2.73. The average molecular weight is 240 g/mol. The van der Waals surface area contributed by atoms with E-state index in [0.717, 1.165) is 45.6 Å². The number of nitrogens with zero attached hydrogens (tertiary/aromatic N) is 1. The van der Waals surface area contributed by atoms with Crippen molar-refractivity contribution in [2.75, 3.05) is 33.4 Å². The number of piperidine rings is 1. The van der Waals surface area contributed by atoms with E-state index in [1.807, 2.05) is 11.9 Å². The summed E-state index contributed by atoms with van der Waals surface area (Å²) >= 11 is 0. The van der Waals surface area contributed by atoms with Gasteiger partial charge in [-0.25, -0.2) is 0 Å². The van der Waals surface area contributed by atoms with Crippen LogP contribution < -0.4 is 5.32 Å². The molecule has 0 radical (unpaired) electrons. The molecule has 1 amide bonds. The van der Waals surface area contributed by atoms with Crippen LogP contribution in [0.1, 0.15) is 32.1 Å². The van der Waals surface area contributed by atoms with Crippen molar-refractivity contribution >= 4 is 5.91 Å². The lowest BCUT2D eigenvalue weighted by Crippen LogP contribution is -2.48. The normalized spacial score (nSPS) is 26.8. The molecular formula is C13H24N2O2. The van der Waals surface area contributed by atoms with E-state index >= 15 is 0 Å². The minimum atomic E-state index is 0.0635. The monoisotopic (exact) mass is 240 g/mol. The lowest BCUT2D eigenvalue weighted by Gasteiger charge is -2.31. The molecule has 0 aromatic heterocycles. The first kappa shape index (κ1) is 12.8. The van der Waals surface area contributed by atoms with Crippen LogP contribution in [-0.4, -0.2) is 50.2 Å². The summed E-state index contributed by atoms with van der Waals surface area (Å²) in [5, 5.41) is 3.32. The molecule has 0 unspecified atom stereocenters. The van der Waals surface area contributed by atoms with Gasteiger partial charge in [-0.3, -0.25) is 4.79 Å². The second kappa shape index (κ2) is 6.36. The Hall–Kier alpha value is -0.610. The zero-order valence-corrected chi connectivity index (χ0v) is 10.8. The Morgan fingerprint density at radius 1 is 1.29 bits per heavy atom. The van der Waals surface area contributed by atoms with Gasteiger partial charge >= 0.3 is 0 Å². The van der Waals surface area contributed by atoms with E-state index in [0.29, 0.717) is 5.92 Å². The standard InChI is InChI=1S/C13H24N2O2/c1-15(10-11-5-8-17-9-6-11)13(16)12-4-2-3-7-14-12/h11-12,14H,2-10H2,1H3/t12-/m0/s1. The zero-order valence-electron chi connectivity index (χ0n) is 10.8. The van der Waals surface area contributed by atoms with Gasteiger partial charge in [0, 0.05) is 26.8 Å². The fraction of sp³-hybridized carbons (Fsp3) is 0.923. The second-order valence-electron chi connectivity index (χ2n) is 5.28. The van der Waals surface area contributed by atoms with E-state index in [4.69, 9.17) is 4.74 Å². The molecule has 0 saturated carbocycles. The van der Waals surface area contributed by atoms with Gasteiger partial charge in [0.25, 0.3) is 0 Å². The van der Waals surface area contributed by atoms with Crippen LogP contribution in [-0.2, 0) is 9.53 Å². The van der Waals surface area contributed by atoms with Crippen LogP contribution in [0.4, 0.5) is 0 Å².